The molecule has 0 bridgehead atoms. The highest BCUT2D eigenvalue weighted by Crippen LogP contribution is 2.19. The minimum atomic E-state index is -0.472. The summed E-state index contributed by atoms with van der Waals surface area (Å²) in [4.78, 5) is 24.8. The van der Waals surface area contributed by atoms with Crippen molar-refractivity contribution in [2.45, 2.75) is 12.5 Å². The average molecular weight is 345 g/mol. The Hall–Kier alpha value is -3.40. The first kappa shape index (κ1) is 17.4. The molecule has 3 aromatic carbocycles. The zero-order valence-corrected chi connectivity index (χ0v) is 14.2. The van der Waals surface area contributed by atoms with Gasteiger partial charge in [-0.1, -0.05) is 66.7 Å². The van der Waals surface area contributed by atoms with Gasteiger partial charge in [0.25, 0.3) is 5.91 Å². The number of carbonyl (C=O) groups excluding carboxylic acids is 2. The monoisotopic (exact) mass is 345 g/mol. The predicted molar refractivity (Wildman–Crippen MR) is 99.8 cm³/mol. The van der Waals surface area contributed by atoms with E-state index >= 15 is 0 Å². The lowest BCUT2D eigenvalue weighted by Gasteiger charge is -2.18. The quantitative estimate of drug-likeness (QED) is 0.539. The Morgan fingerprint density at radius 2 is 1.31 bits per heavy atom. The van der Waals surface area contributed by atoms with Gasteiger partial charge < -0.3 is 10.1 Å². The van der Waals surface area contributed by atoms with Crippen LogP contribution < -0.4 is 10.1 Å². The Labute approximate surface area is 152 Å². The molecule has 26 heavy (non-hydrogen) atoms. The van der Waals surface area contributed by atoms with Gasteiger partial charge in [-0.25, -0.2) is 0 Å². The maximum absolute atomic E-state index is 12.5. The molecule has 4 nitrogen and oxygen atoms in total. The number of hydrogen-bond acceptors (Lipinski definition) is 3. The van der Waals surface area contributed by atoms with Crippen molar-refractivity contribution in [2.24, 2.45) is 0 Å². The first-order valence-corrected chi connectivity index (χ1v) is 8.39. The molecule has 0 aliphatic heterocycles. The fourth-order valence-electron chi connectivity index (χ4n) is 2.60. The largest absolute Gasteiger partial charge is 0.426 e. The van der Waals surface area contributed by atoms with Gasteiger partial charge in [0.1, 0.15) is 5.75 Å². The third kappa shape index (κ3) is 4.80. The van der Waals surface area contributed by atoms with E-state index in [0.717, 1.165) is 5.56 Å². The molecule has 1 N–H and O–H groups in total. The van der Waals surface area contributed by atoms with Crippen LogP contribution >= 0.6 is 0 Å². The van der Waals surface area contributed by atoms with Gasteiger partial charge in [0, 0.05) is 5.56 Å². The summed E-state index contributed by atoms with van der Waals surface area (Å²) >= 11 is 0. The van der Waals surface area contributed by atoms with Gasteiger partial charge in [-0.05, 0) is 29.8 Å². The molecule has 0 aliphatic carbocycles. The van der Waals surface area contributed by atoms with Crippen LogP contribution in [-0.4, -0.2) is 11.9 Å². The fraction of sp³-hybridized carbons (Fsp3) is 0.0909. The smallest absolute Gasteiger partial charge is 0.313 e. The van der Waals surface area contributed by atoms with E-state index in [2.05, 4.69) is 5.32 Å². The van der Waals surface area contributed by atoms with E-state index in [1.165, 1.54) is 0 Å². The summed E-state index contributed by atoms with van der Waals surface area (Å²) in [6, 6.07) is 26.7. The van der Waals surface area contributed by atoms with Crippen molar-refractivity contribution >= 4 is 11.9 Å². The van der Waals surface area contributed by atoms with Crippen molar-refractivity contribution in [2.75, 3.05) is 0 Å². The van der Waals surface area contributed by atoms with E-state index in [9.17, 15) is 9.59 Å². The van der Waals surface area contributed by atoms with E-state index in [1.54, 1.807) is 48.5 Å². The summed E-state index contributed by atoms with van der Waals surface area (Å²) in [5.74, 6) is -0.149. The Morgan fingerprint density at radius 3 is 1.92 bits per heavy atom. The van der Waals surface area contributed by atoms with E-state index in [-0.39, 0.29) is 12.3 Å². The zero-order valence-electron chi connectivity index (χ0n) is 14.2. The molecular formula is C22H19NO3. The third-order valence-corrected chi connectivity index (χ3v) is 3.89. The lowest BCUT2D eigenvalue weighted by atomic mass is 10.0. The number of benzene rings is 3. The van der Waals surface area contributed by atoms with Crippen molar-refractivity contribution in [3.05, 3.63) is 102 Å². The minimum absolute atomic E-state index is 0.0392. The second-order valence-electron chi connectivity index (χ2n) is 5.79. The number of rotatable bonds is 6. The number of ether oxygens (including phenoxy) is 1. The molecule has 0 saturated carbocycles. The van der Waals surface area contributed by atoms with Gasteiger partial charge in [-0.2, -0.15) is 0 Å². The number of hydrogen-bond donors (Lipinski definition) is 1. The van der Waals surface area contributed by atoms with Gasteiger partial charge in [0.15, 0.2) is 0 Å². The van der Waals surface area contributed by atoms with Crippen molar-refractivity contribution in [3.8, 4) is 5.75 Å². The molecule has 0 aromatic heterocycles. The van der Waals surface area contributed by atoms with Gasteiger partial charge in [-0.15, -0.1) is 0 Å². The van der Waals surface area contributed by atoms with Gasteiger partial charge in [0.2, 0.25) is 0 Å². The molecule has 0 radical (unpaired) electrons. The van der Waals surface area contributed by atoms with Gasteiger partial charge in [0.05, 0.1) is 12.5 Å². The van der Waals surface area contributed by atoms with Crippen LogP contribution in [0.4, 0.5) is 0 Å². The second-order valence-corrected chi connectivity index (χ2v) is 5.79. The second kappa shape index (κ2) is 8.62. The number of nitrogens with one attached hydrogen (secondary N) is 1. The van der Waals surface area contributed by atoms with Crippen LogP contribution in [0.15, 0.2) is 91.0 Å². The predicted octanol–water partition coefficient (Wildman–Crippen LogP) is 4.15. The summed E-state index contributed by atoms with van der Waals surface area (Å²) in [7, 11) is 0. The number of carbonyl (C=O) groups is 2. The van der Waals surface area contributed by atoms with Gasteiger partial charge in [-0.3, -0.25) is 9.59 Å². The number of esters is 1. The van der Waals surface area contributed by atoms with Crippen molar-refractivity contribution in [3.63, 3.8) is 0 Å². The standard InChI is InChI=1S/C22H19NO3/c24-21(26-19-14-8-3-9-15-19)16-20(17-10-4-1-5-11-17)23-22(25)18-12-6-2-7-13-18/h1-15,20H,16H2,(H,23,25)/t20-/m0/s1. The maximum Gasteiger partial charge on any atom is 0.313 e. The maximum atomic E-state index is 12.5. The highest BCUT2D eigenvalue weighted by molar-refractivity contribution is 5.94. The molecule has 0 aliphatic rings. The molecule has 130 valence electrons. The van der Waals surface area contributed by atoms with E-state index in [4.69, 9.17) is 4.74 Å². The van der Waals surface area contributed by atoms with E-state index < -0.39 is 12.0 Å². The highest BCUT2D eigenvalue weighted by atomic mass is 16.5. The summed E-state index contributed by atoms with van der Waals surface area (Å²) < 4.78 is 5.36. The van der Waals surface area contributed by atoms with Crippen molar-refractivity contribution < 1.29 is 14.3 Å². The molecular weight excluding hydrogens is 326 g/mol. The first-order valence-electron chi connectivity index (χ1n) is 8.39. The summed E-state index contributed by atoms with van der Waals surface area (Å²) in [5, 5.41) is 2.93. The molecule has 0 spiro atoms. The van der Waals surface area contributed by atoms with Crippen molar-refractivity contribution in [1.82, 2.24) is 5.32 Å². The van der Waals surface area contributed by atoms with Crippen LogP contribution in [0.3, 0.4) is 0 Å². The Balaban J connectivity index is 1.73. The first-order chi connectivity index (χ1) is 12.7. The Morgan fingerprint density at radius 1 is 0.769 bits per heavy atom. The Kier molecular flexibility index (Phi) is 5.78. The molecule has 3 aromatic rings. The lowest BCUT2D eigenvalue weighted by molar-refractivity contribution is -0.134. The van der Waals surface area contributed by atoms with Crippen LogP contribution in [0.2, 0.25) is 0 Å². The molecule has 1 amide bonds. The molecule has 1 atom stereocenters. The lowest BCUT2D eigenvalue weighted by Crippen LogP contribution is -2.31. The van der Waals surface area contributed by atoms with Crippen LogP contribution in [0.5, 0.6) is 5.75 Å². The summed E-state index contributed by atoms with van der Waals surface area (Å²) in [6.07, 6.45) is 0.0392. The molecule has 0 heterocycles. The minimum Gasteiger partial charge on any atom is -0.426 e. The van der Waals surface area contributed by atoms with E-state index in [0.29, 0.717) is 11.3 Å². The van der Waals surface area contributed by atoms with Crippen LogP contribution in [0, 0.1) is 0 Å². The average Bonchev–Trinajstić information content (AvgIpc) is 2.69. The number of amides is 1. The van der Waals surface area contributed by atoms with Crippen LogP contribution in [0.1, 0.15) is 28.4 Å². The molecule has 0 saturated heterocycles. The Bertz CT molecular complexity index is 848. The topological polar surface area (TPSA) is 55.4 Å². The SMILES string of the molecule is O=C(C[C@H](NC(=O)c1ccccc1)c1ccccc1)Oc1ccccc1. The summed E-state index contributed by atoms with van der Waals surface area (Å²) in [5.41, 5.74) is 1.40. The van der Waals surface area contributed by atoms with Gasteiger partial charge >= 0.3 is 5.97 Å². The van der Waals surface area contributed by atoms with Crippen LogP contribution in [-0.2, 0) is 4.79 Å². The normalized spacial score (nSPS) is 11.4. The van der Waals surface area contributed by atoms with Crippen LogP contribution in [0.25, 0.3) is 0 Å². The fourth-order valence-corrected chi connectivity index (χ4v) is 2.60. The zero-order chi connectivity index (χ0) is 18.2. The summed E-state index contributed by atoms with van der Waals surface area (Å²) in [6.45, 7) is 0. The molecule has 3 rings (SSSR count). The van der Waals surface area contributed by atoms with E-state index in [1.807, 2.05) is 42.5 Å². The molecule has 0 unspecified atom stereocenters. The number of para-hydroxylation sites is 1. The highest BCUT2D eigenvalue weighted by Gasteiger charge is 2.20. The third-order valence-electron chi connectivity index (χ3n) is 3.89. The van der Waals surface area contributed by atoms with Crippen molar-refractivity contribution in [1.29, 1.82) is 0 Å². The molecule has 0 fully saturated rings. The molecule has 4 heteroatoms.